The molecule has 0 aliphatic carbocycles. The van der Waals surface area contributed by atoms with Crippen LogP contribution in [0.25, 0.3) is 11.0 Å². The molecular formula is C8H8N4S. The molecule has 0 bridgehead atoms. The van der Waals surface area contributed by atoms with E-state index in [1.54, 1.807) is 11.7 Å². The number of benzene rings is 1. The largest absolute Gasteiger partial charge is 0.364 e. The molecule has 0 radical (unpaired) electrons. The number of nitrogens with zero attached hydrogens (tertiary/aromatic N) is 3. The number of hydrogen-bond donors (Lipinski definition) is 1. The van der Waals surface area contributed by atoms with Crippen molar-refractivity contribution in [3.8, 4) is 0 Å². The maximum Gasteiger partial charge on any atom is 0.195 e. The lowest BCUT2D eigenvalue weighted by molar-refractivity contribution is 0.845. The number of aromatic nitrogens is 3. The number of nitrogens with one attached hydrogen (secondary N) is 1. The first-order valence-corrected chi connectivity index (χ1v) is 4.26. The van der Waals surface area contributed by atoms with Gasteiger partial charge in [0.1, 0.15) is 5.52 Å². The minimum Gasteiger partial charge on any atom is -0.364 e. The fourth-order valence-corrected chi connectivity index (χ4v) is 1.26. The van der Waals surface area contributed by atoms with Gasteiger partial charge >= 0.3 is 0 Å². The summed E-state index contributed by atoms with van der Waals surface area (Å²) in [4.78, 5) is 0. The smallest absolute Gasteiger partial charge is 0.195 e. The van der Waals surface area contributed by atoms with Gasteiger partial charge in [0.2, 0.25) is 0 Å². The van der Waals surface area contributed by atoms with Gasteiger partial charge < -0.3 is 5.32 Å². The molecule has 0 amide bonds. The first-order valence-electron chi connectivity index (χ1n) is 3.85. The molecule has 4 nitrogen and oxygen atoms in total. The zero-order valence-electron chi connectivity index (χ0n) is 7.06. The third-order valence-corrected chi connectivity index (χ3v) is 2.14. The predicted molar refractivity (Wildman–Crippen MR) is 54.6 cm³/mol. The highest BCUT2D eigenvalue weighted by molar-refractivity contribution is 7.80. The number of para-hydroxylation sites is 1. The molecule has 0 fully saturated rings. The van der Waals surface area contributed by atoms with E-state index in [1.165, 1.54) is 0 Å². The summed E-state index contributed by atoms with van der Waals surface area (Å²) in [7, 11) is 1.76. The lowest BCUT2D eigenvalue weighted by Crippen LogP contribution is -2.25. The number of hydrogen-bond acceptors (Lipinski definition) is 3. The van der Waals surface area contributed by atoms with Gasteiger partial charge in [-0.2, -0.15) is 4.68 Å². The first kappa shape index (κ1) is 8.12. The second-order valence-corrected chi connectivity index (χ2v) is 2.93. The third-order valence-electron chi connectivity index (χ3n) is 1.76. The van der Waals surface area contributed by atoms with E-state index in [-0.39, 0.29) is 0 Å². The van der Waals surface area contributed by atoms with Crippen molar-refractivity contribution in [2.24, 2.45) is 0 Å². The zero-order chi connectivity index (χ0) is 9.26. The molecule has 5 heteroatoms. The molecule has 0 aliphatic rings. The summed E-state index contributed by atoms with van der Waals surface area (Å²) in [5, 5.41) is 11.3. The highest BCUT2D eigenvalue weighted by Gasteiger charge is 2.05. The van der Waals surface area contributed by atoms with Crippen LogP contribution in [0.1, 0.15) is 0 Å². The minimum atomic E-state index is 0.550. The van der Waals surface area contributed by atoms with Crippen LogP contribution in [-0.4, -0.2) is 27.2 Å². The monoisotopic (exact) mass is 192 g/mol. The molecule has 13 heavy (non-hydrogen) atoms. The molecule has 2 rings (SSSR count). The Morgan fingerprint density at radius 3 is 3.00 bits per heavy atom. The summed E-state index contributed by atoms with van der Waals surface area (Å²) in [5.41, 5.74) is 1.77. The molecule has 66 valence electrons. The van der Waals surface area contributed by atoms with Gasteiger partial charge in [0.25, 0.3) is 0 Å². The van der Waals surface area contributed by atoms with Gasteiger partial charge in [-0.15, -0.1) is 5.10 Å². The van der Waals surface area contributed by atoms with Crippen LogP contribution in [0.4, 0.5) is 0 Å². The van der Waals surface area contributed by atoms with Gasteiger partial charge in [-0.1, -0.05) is 17.3 Å². The molecule has 0 spiro atoms. The van der Waals surface area contributed by atoms with Gasteiger partial charge in [0, 0.05) is 7.05 Å². The summed E-state index contributed by atoms with van der Waals surface area (Å²) in [5.74, 6) is 0. The second-order valence-electron chi connectivity index (χ2n) is 2.55. The van der Waals surface area contributed by atoms with Crippen LogP contribution in [0.2, 0.25) is 0 Å². The molecule has 1 heterocycles. The Labute approximate surface area is 80.5 Å². The Morgan fingerprint density at radius 2 is 2.23 bits per heavy atom. The number of thiocarbonyl (C=S) groups is 1. The van der Waals surface area contributed by atoms with Gasteiger partial charge in [0.15, 0.2) is 5.11 Å². The lowest BCUT2D eigenvalue weighted by Gasteiger charge is -2.01. The molecule has 0 aliphatic heterocycles. The fourth-order valence-electron chi connectivity index (χ4n) is 1.12. The maximum absolute atomic E-state index is 5.05. The second kappa shape index (κ2) is 3.10. The quantitative estimate of drug-likeness (QED) is 0.626. The predicted octanol–water partition coefficient (Wildman–Crippen LogP) is 0.784. The maximum atomic E-state index is 5.05. The van der Waals surface area contributed by atoms with E-state index in [1.807, 2.05) is 24.3 Å². The van der Waals surface area contributed by atoms with Crippen LogP contribution in [0, 0.1) is 0 Å². The van der Waals surface area contributed by atoms with Gasteiger partial charge in [-0.05, 0) is 24.4 Å². The molecule has 0 saturated carbocycles. The van der Waals surface area contributed by atoms with E-state index >= 15 is 0 Å². The topological polar surface area (TPSA) is 42.7 Å². The van der Waals surface area contributed by atoms with Crippen LogP contribution in [-0.2, 0) is 0 Å². The van der Waals surface area contributed by atoms with Crippen LogP contribution in [0.3, 0.4) is 0 Å². The molecule has 0 atom stereocenters. The summed E-state index contributed by atoms with van der Waals surface area (Å²) >= 11 is 5.05. The molecule has 1 aromatic carbocycles. The van der Waals surface area contributed by atoms with Crippen LogP contribution in [0.5, 0.6) is 0 Å². The van der Waals surface area contributed by atoms with Crippen LogP contribution < -0.4 is 5.32 Å². The van der Waals surface area contributed by atoms with Crippen LogP contribution in [0.15, 0.2) is 24.3 Å². The average molecular weight is 192 g/mol. The Bertz CT molecular complexity index is 448. The van der Waals surface area contributed by atoms with Crippen molar-refractivity contribution < 1.29 is 0 Å². The molecule has 0 unspecified atom stereocenters. The average Bonchev–Trinajstić information content (AvgIpc) is 2.60. The lowest BCUT2D eigenvalue weighted by atomic mass is 10.3. The highest BCUT2D eigenvalue weighted by Crippen LogP contribution is 2.08. The summed E-state index contributed by atoms with van der Waals surface area (Å²) in [6.07, 6.45) is 0. The zero-order valence-corrected chi connectivity index (χ0v) is 7.88. The third kappa shape index (κ3) is 1.27. The first-order chi connectivity index (χ1) is 6.33. The van der Waals surface area contributed by atoms with Gasteiger partial charge in [-0.3, -0.25) is 0 Å². The molecule has 2 aromatic rings. The Balaban J connectivity index is 2.64. The van der Waals surface area contributed by atoms with E-state index in [0.29, 0.717) is 5.11 Å². The van der Waals surface area contributed by atoms with E-state index in [2.05, 4.69) is 15.6 Å². The minimum absolute atomic E-state index is 0.550. The van der Waals surface area contributed by atoms with Crippen molar-refractivity contribution in [2.75, 3.05) is 7.05 Å². The van der Waals surface area contributed by atoms with E-state index in [9.17, 15) is 0 Å². The summed E-state index contributed by atoms with van der Waals surface area (Å²) in [6, 6.07) is 7.68. The van der Waals surface area contributed by atoms with Crippen molar-refractivity contribution in [1.82, 2.24) is 20.3 Å². The molecular weight excluding hydrogens is 184 g/mol. The Hall–Kier alpha value is -1.49. The molecule has 1 aromatic heterocycles. The Morgan fingerprint density at radius 1 is 1.46 bits per heavy atom. The van der Waals surface area contributed by atoms with Crippen molar-refractivity contribution in [1.29, 1.82) is 0 Å². The molecule has 1 N–H and O–H groups in total. The van der Waals surface area contributed by atoms with E-state index in [0.717, 1.165) is 11.0 Å². The summed E-state index contributed by atoms with van der Waals surface area (Å²) in [6.45, 7) is 0. The van der Waals surface area contributed by atoms with Crippen molar-refractivity contribution in [3.05, 3.63) is 24.3 Å². The van der Waals surface area contributed by atoms with Crippen LogP contribution >= 0.6 is 12.2 Å². The van der Waals surface area contributed by atoms with Gasteiger partial charge in [0.05, 0.1) is 5.52 Å². The van der Waals surface area contributed by atoms with Crippen molar-refractivity contribution in [3.63, 3.8) is 0 Å². The SMILES string of the molecule is CNC(=S)n1nnc2ccccc21. The molecule has 0 saturated heterocycles. The highest BCUT2D eigenvalue weighted by atomic mass is 32.1. The van der Waals surface area contributed by atoms with Gasteiger partial charge in [-0.25, -0.2) is 0 Å². The fraction of sp³-hybridized carbons (Fsp3) is 0.125. The van der Waals surface area contributed by atoms with Crippen molar-refractivity contribution >= 4 is 28.4 Å². The van der Waals surface area contributed by atoms with Crippen molar-refractivity contribution in [2.45, 2.75) is 0 Å². The Kier molecular flexibility index (Phi) is 1.94. The van der Waals surface area contributed by atoms with E-state index < -0.39 is 0 Å². The normalized spacial score (nSPS) is 10.2. The standard InChI is InChI=1S/C8H8N4S/c1-9-8(13)12-7-5-3-2-4-6(7)10-11-12/h2-5H,1H3,(H,9,13). The number of rotatable bonds is 0. The van der Waals surface area contributed by atoms with E-state index in [4.69, 9.17) is 12.2 Å². The number of fused-ring (bicyclic) bond motifs is 1. The summed E-state index contributed by atoms with van der Waals surface area (Å²) < 4.78 is 1.60.